The molecule has 2 aliphatic carbocycles. The first-order valence-corrected chi connectivity index (χ1v) is 13.2. The maximum Gasteiger partial charge on any atom is 0.408 e. The molecule has 0 aromatic carbocycles. The van der Waals surface area contributed by atoms with Gasteiger partial charge in [0.15, 0.2) is 11.3 Å². The number of hydrogen-bond donors (Lipinski definition) is 2. The van der Waals surface area contributed by atoms with Crippen molar-refractivity contribution in [2.75, 3.05) is 0 Å². The van der Waals surface area contributed by atoms with Gasteiger partial charge in [0.25, 0.3) is 5.91 Å². The highest BCUT2D eigenvalue weighted by atomic mass is 19.4. The lowest BCUT2D eigenvalue weighted by atomic mass is 9.81. The fourth-order valence-corrected chi connectivity index (χ4v) is 5.63. The number of carbonyl (C=O) groups excluding carboxylic acids is 2. The molecular weight excluding hydrogens is 541 g/mol. The minimum absolute atomic E-state index is 0.0467. The Morgan fingerprint density at radius 1 is 1.20 bits per heavy atom. The summed E-state index contributed by atoms with van der Waals surface area (Å²) >= 11 is 0. The van der Waals surface area contributed by atoms with Crippen molar-refractivity contribution >= 4 is 17.5 Å². The smallest absolute Gasteiger partial charge is 0.344 e. The molecule has 10 nitrogen and oxygen atoms in total. The second-order valence-corrected chi connectivity index (χ2v) is 11.0. The second kappa shape index (κ2) is 9.77. The molecule has 1 saturated heterocycles. The first-order valence-electron chi connectivity index (χ1n) is 13.2. The van der Waals surface area contributed by atoms with Crippen LogP contribution in [0.15, 0.2) is 23.1 Å². The van der Waals surface area contributed by atoms with Crippen LogP contribution >= 0.6 is 0 Å². The Balaban J connectivity index is 1.24. The van der Waals surface area contributed by atoms with E-state index < -0.39 is 41.9 Å². The van der Waals surface area contributed by atoms with E-state index in [-0.39, 0.29) is 56.1 Å². The summed E-state index contributed by atoms with van der Waals surface area (Å²) in [6.07, 6.45) is -0.381. The van der Waals surface area contributed by atoms with E-state index >= 15 is 0 Å². The monoisotopic (exact) mass is 567 g/mol. The van der Waals surface area contributed by atoms with Crippen molar-refractivity contribution in [3.8, 4) is 0 Å². The highest BCUT2D eigenvalue weighted by Gasteiger charge is 2.47. The molecule has 3 aromatic rings. The lowest BCUT2D eigenvalue weighted by molar-refractivity contribution is -0.154. The summed E-state index contributed by atoms with van der Waals surface area (Å²) in [5.41, 5.74) is 1.79. The number of amides is 2. The molecule has 3 fully saturated rings. The van der Waals surface area contributed by atoms with Crippen LogP contribution in [0.4, 0.5) is 22.0 Å². The van der Waals surface area contributed by atoms with Crippen LogP contribution in [0.25, 0.3) is 5.65 Å². The molecule has 4 heterocycles. The van der Waals surface area contributed by atoms with Crippen LogP contribution in [0, 0.1) is 11.8 Å². The Morgan fingerprint density at radius 3 is 2.62 bits per heavy atom. The van der Waals surface area contributed by atoms with Crippen LogP contribution in [0.2, 0.25) is 0 Å². The minimum atomic E-state index is -4.52. The maximum absolute atomic E-state index is 13.9. The van der Waals surface area contributed by atoms with E-state index in [0.29, 0.717) is 22.6 Å². The summed E-state index contributed by atoms with van der Waals surface area (Å²) in [7, 11) is 0. The Labute approximate surface area is 224 Å². The highest BCUT2D eigenvalue weighted by molar-refractivity contribution is 5.93. The van der Waals surface area contributed by atoms with Crippen LogP contribution in [0.3, 0.4) is 0 Å². The summed E-state index contributed by atoms with van der Waals surface area (Å²) in [6, 6.07) is -0.997. The molecule has 15 heteroatoms. The zero-order valence-electron chi connectivity index (χ0n) is 21.1. The third-order valence-electron chi connectivity index (χ3n) is 8.01. The summed E-state index contributed by atoms with van der Waals surface area (Å²) in [6.45, 7) is 0. The van der Waals surface area contributed by atoms with E-state index in [4.69, 9.17) is 4.63 Å². The zero-order valence-corrected chi connectivity index (χ0v) is 21.1. The van der Waals surface area contributed by atoms with Crippen LogP contribution in [-0.4, -0.2) is 54.9 Å². The van der Waals surface area contributed by atoms with Gasteiger partial charge in [-0.1, -0.05) is 5.16 Å². The Morgan fingerprint density at radius 2 is 1.95 bits per heavy atom. The van der Waals surface area contributed by atoms with Crippen molar-refractivity contribution in [3.63, 3.8) is 0 Å². The first-order chi connectivity index (χ1) is 19.0. The molecule has 1 aliphatic heterocycles. The summed E-state index contributed by atoms with van der Waals surface area (Å²) in [4.78, 5) is 29.9. The van der Waals surface area contributed by atoms with Gasteiger partial charge in [0, 0.05) is 24.7 Å². The van der Waals surface area contributed by atoms with E-state index in [1.165, 1.54) is 10.7 Å². The third kappa shape index (κ3) is 5.37. The molecule has 0 bridgehead atoms. The second-order valence-electron chi connectivity index (χ2n) is 11.0. The Hall–Kier alpha value is -3.65. The van der Waals surface area contributed by atoms with Crippen molar-refractivity contribution < 1.29 is 36.2 Å². The van der Waals surface area contributed by atoms with Crippen LogP contribution in [-0.2, 0) is 11.2 Å². The van der Waals surface area contributed by atoms with Crippen LogP contribution in [0.5, 0.6) is 0 Å². The molecule has 0 spiro atoms. The Bertz CT molecular complexity index is 1420. The van der Waals surface area contributed by atoms with Gasteiger partial charge in [0.1, 0.15) is 11.7 Å². The number of carbonyl (C=O) groups is 2. The minimum Gasteiger partial charge on any atom is -0.344 e. The van der Waals surface area contributed by atoms with Gasteiger partial charge in [-0.05, 0) is 61.2 Å². The topological polar surface area (TPSA) is 127 Å². The van der Waals surface area contributed by atoms with Gasteiger partial charge < -0.3 is 10.6 Å². The summed E-state index contributed by atoms with van der Waals surface area (Å²) < 4.78 is 73.3. The molecule has 40 heavy (non-hydrogen) atoms. The maximum atomic E-state index is 13.9. The van der Waals surface area contributed by atoms with Gasteiger partial charge in [-0.15, -0.1) is 0 Å². The molecule has 214 valence electrons. The predicted octanol–water partition coefficient (Wildman–Crippen LogP) is 3.90. The van der Waals surface area contributed by atoms with Gasteiger partial charge in [0.05, 0.1) is 24.1 Å². The van der Waals surface area contributed by atoms with E-state index in [2.05, 4.69) is 25.7 Å². The lowest BCUT2D eigenvalue weighted by Gasteiger charge is -2.33. The highest BCUT2D eigenvalue weighted by Crippen LogP contribution is 2.43. The quantitative estimate of drug-likeness (QED) is 0.415. The fraction of sp³-hybridized carbons (Fsp3) is 0.600. The predicted molar refractivity (Wildman–Crippen MR) is 126 cm³/mol. The number of imidazole rings is 1. The van der Waals surface area contributed by atoms with Crippen molar-refractivity contribution in [2.24, 2.45) is 11.8 Å². The molecule has 2 saturated carbocycles. The standard InChI is InChI=1S/C25H26F5N7O3/c26-24(27)5-3-14(4-6-24)19(34-23(39)21-20(13-1-2-13)35-40-36-21)16-11-37-18(32-16)8-12(10-31-37)7-15-9-17(25(28,29)30)33-22(15)38/h8,10-11,13-15,17,19H,1-7,9H2,(H,33,38)(H,34,39)/t15?,17-,19-/m0/s1. The van der Waals surface area contributed by atoms with Gasteiger partial charge in [-0.3, -0.25) is 9.59 Å². The number of fused-ring (bicyclic) bond motifs is 1. The van der Waals surface area contributed by atoms with Crippen molar-refractivity contribution in [1.29, 1.82) is 0 Å². The molecule has 0 radical (unpaired) electrons. The molecule has 2 N–H and O–H groups in total. The average molecular weight is 568 g/mol. The lowest BCUT2D eigenvalue weighted by Crippen LogP contribution is -2.38. The zero-order chi connectivity index (χ0) is 28.2. The first kappa shape index (κ1) is 26.6. The molecule has 1 unspecified atom stereocenters. The fourth-order valence-electron chi connectivity index (χ4n) is 5.63. The number of hydrogen-bond acceptors (Lipinski definition) is 7. The largest absolute Gasteiger partial charge is 0.408 e. The molecule has 3 aromatic heterocycles. The van der Waals surface area contributed by atoms with Crippen LogP contribution in [0.1, 0.15) is 84.3 Å². The summed E-state index contributed by atoms with van der Waals surface area (Å²) in [5, 5.41) is 16.8. The van der Waals surface area contributed by atoms with Crippen molar-refractivity contribution in [3.05, 3.63) is 41.1 Å². The molecule has 3 aliphatic rings. The molecule has 2 amide bonds. The van der Waals surface area contributed by atoms with E-state index in [9.17, 15) is 31.5 Å². The molecular formula is C25H26F5N7O3. The van der Waals surface area contributed by atoms with Gasteiger partial charge in [-0.25, -0.2) is 22.9 Å². The number of aromatic nitrogens is 5. The van der Waals surface area contributed by atoms with Gasteiger partial charge >= 0.3 is 6.18 Å². The number of halogens is 5. The summed E-state index contributed by atoms with van der Waals surface area (Å²) in [5.74, 6) is -5.08. The van der Waals surface area contributed by atoms with Gasteiger partial charge in [0.2, 0.25) is 11.8 Å². The number of alkyl halides is 5. The van der Waals surface area contributed by atoms with E-state index in [1.54, 1.807) is 12.3 Å². The SMILES string of the molecule is O=C(N[C@H](c1cn2ncc(CC3C[C@@H](C(F)(F)F)NC3=O)cc2n1)C1CCC(F)(F)CC1)c1nonc1C1CC1. The number of nitrogens with one attached hydrogen (secondary N) is 2. The van der Waals surface area contributed by atoms with E-state index in [0.717, 1.165) is 12.8 Å². The number of nitrogens with zero attached hydrogens (tertiary/aromatic N) is 5. The normalized spacial score (nSPS) is 24.3. The number of rotatable bonds is 7. The van der Waals surface area contributed by atoms with E-state index in [1.807, 2.05) is 5.32 Å². The third-order valence-corrected chi connectivity index (χ3v) is 8.01. The van der Waals surface area contributed by atoms with Crippen LogP contribution < -0.4 is 10.6 Å². The van der Waals surface area contributed by atoms with Crippen molar-refractivity contribution in [2.45, 2.75) is 81.5 Å². The molecule has 3 atom stereocenters. The Kier molecular flexibility index (Phi) is 6.49. The van der Waals surface area contributed by atoms with Crippen molar-refractivity contribution in [1.82, 2.24) is 35.5 Å². The van der Waals surface area contributed by atoms with Gasteiger partial charge in [-0.2, -0.15) is 18.3 Å². The average Bonchev–Trinajstić information content (AvgIpc) is 3.28. The molecule has 6 rings (SSSR count).